The summed E-state index contributed by atoms with van der Waals surface area (Å²) in [4.78, 5) is 30.2. The molecule has 0 fully saturated rings. The first kappa shape index (κ1) is 31.7. The van der Waals surface area contributed by atoms with Crippen molar-refractivity contribution >= 4 is 11.8 Å². The minimum atomic E-state index is -4.70. The number of nitrogens with zero attached hydrogens (tertiary/aromatic N) is 3. The van der Waals surface area contributed by atoms with Crippen LogP contribution < -0.4 is 11.1 Å². The normalized spacial score (nSPS) is 14.5. The number of halogens is 6. The summed E-state index contributed by atoms with van der Waals surface area (Å²) in [5.74, 6) is -4.24. The van der Waals surface area contributed by atoms with Crippen molar-refractivity contribution in [2.75, 3.05) is 0 Å². The molecule has 0 unspecified atom stereocenters. The van der Waals surface area contributed by atoms with Crippen molar-refractivity contribution in [2.45, 2.75) is 63.7 Å². The van der Waals surface area contributed by atoms with E-state index in [1.165, 1.54) is 18.3 Å². The molecule has 4 aromatic rings. The average Bonchev–Trinajstić information content (AvgIpc) is 3.37. The number of hydrogen-bond acceptors (Lipinski definition) is 4. The summed E-state index contributed by atoms with van der Waals surface area (Å²) in [7, 11) is 0. The van der Waals surface area contributed by atoms with Crippen LogP contribution in [0, 0.1) is 17.5 Å². The van der Waals surface area contributed by atoms with Gasteiger partial charge in [-0.25, -0.2) is 13.2 Å². The van der Waals surface area contributed by atoms with Crippen molar-refractivity contribution in [1.82, 2.24) is 20.1 Å². The van der Waals surface area contributed by atoms with E-state index < -0.39 is 53.2 Å². The molecule has 1 aliphatic carbocycles. The van der Waals surface area contributed by atoms with Crippen LogP contribution in [0.2, 0.25) is 0 Å². The van der Waals surface area contributed by atoms with Crippen LogP contribution in [0.15, 0.2) is 54.7 Å². The lowest BCUT2D eigenvalue weighted by Crippen LogP contribution is -2.37. The van der Waals surface area contributed by atoms with Crippen LogP contribution in [0.3, 0.4) is 0 Å². The summed E-state index contributed by atoms with van der Waals surface area (Å²) in [6, 6.07) is 7.48. The Morgan fingerprint density at radius 2 is 1.73 bits per heavy atom. The highest BCUT2D eigenvalue weighted by Crippen LogP contribution is 2.38. The number of benzene rings is 2. The molecule has 5 rings (SSSR count). The van der Waals surface area contributed by atoms with Gasteiger partial charge in [-0.05, 0) is 80.0 Å². The number of pyridine rings is 1. The van der Waals surface area contributed by atoms with E-state index in [2.05, 4.69) is 15.4 Å². The van der Waals surface area contributed by atoms with Crippen molar-refractivity contribution in [3.63, 3.8) is 0 Å². The fourth-order valence-electron chi connectivity index (χ4n) is 5.85. The van der Waals surface area contributed by atoms with Crippen molar-refractivity contribution in [1.29, 1.82) is 0 Å². The smallest absolute Gasteiger partial charge is 0.366 e. The first-order chi connectivity index (χ1) is 21.4. The van der Waals surface area contributed by atoms with Gasteiger partial charge in [-0.2, -0.15) is 18.3 Å². The maximum absolute atomic E-state index is 14.3. The van der Waals surface area contributed by atoms with Crippen LogP contribution in [0.25, 0.3) is 11.1 Å². The Morgan fingerprint density at radius 1 is 1.02 bits per heavy atom. The number of carbonyl (C=O) groups is 2. The molecule has 45 heavy (non-hydrogen) atoms. The number of fused-ring (bicyclic) bond motifs is 1. The predicted molar refractivity (Wildman–Crippen MR) is 152 cm³/mol. The first-order valence-corrected chi connectivity index (χ1v) is 14.3. The topological polar surface area (TPSA) is 103 Å². The number of aromatic nitrogens is 3. The van der Waals surface area contributed by atoms with Gasteiger partial charge in [0.15, 0.2) is 5.69 Å². The van der Waals surface area contributed by atoms with Gasteiger partial charge >= 0.3 is 6.18 Å². The second-order valence-corrected chi connectivity index (χ2v) is 10.9. The van der Waals surface area contributed by atoms with Gasteiger partial charge in [0.25, 0.3) is 5.91 Å². The molecule has 7 nitrogen and oxygen atoms in total. The lowest BCUT2D eigenvalue weighted by Gasteiger charge is -2.26. The summed E-state index contributed by atoms with van der Waals surface area (Å²) in [6.07, 6.45) is -1.63. The Labute approximate surface area is 254 Å². The van der Waals surface area contributed by atoms with E-state index >= 15 is 0 Å². The van der Waals surface area contributed by atoms with Crippen LogP contribution in [0.5, 0.6) is 0 Å². The van der Waals surface area contributed by atoms with Crippen LogP contribution in [0.4, 0.5) is 26.3 Å². The minimum absolute atomic E-state index is 0.0837. The number of rotatable bonds is 9. The van der Waals surface area contributed by atoms with Crippen LogP contribution in [0.1, 0.15) is 76.8 Å². The Hall–Kier alpha value is -4.68. The van der Waals surface area contributed by atoms with Crippen molar-refractivity contribution < 1.29 is 35.9 Å². The Morgan fingerprint density at radius 3 is 2.40 bits per heavy atom. The number of nitrogens with two attached hydrogens (primary N) is 1. The number of hydrogen-bond donors (Lipinski definition) is 2. The van der Waals surface area contributed by atoms with Crippen molar-refractivity contribution in [3.8, 4) is 11.1 Å². The van der Waals surface area contributed by atoms with E-state index in [0.29, 0.717) is 42.1 Å². The summed E-state index contributed by atoms with van der Waals surface area (Å²) >= 11 is 0. The summed E-state index contributed by atoms with van der Waals surface area (Å²) in [5.41, 5.74) is 5.41. The molecule has 2 aromatic carbocycles. The molecule has 0 bridgehead atoms. The van der Waals surface area contributed by atoms with Crippen molar-refractivity contribution in [2.24, 2.45) is 5.73 Å². The standard InChI is InChI=1S/C32H29F6N5O2/c1-2-26(43-27-8-4-3-6-22(27)29(42-43)32(36,37)38)31(45)41-25(14-17-12-19(33)16-20(34)13-17)28-21(7-5-11-40-28)18-9-10-24(35)23(15-18)30(39)44/h5,7,9-13,15-16,25-26H,2-4,6,8,14H2,1H3,(H2,39,44)(H,41,45)/t25-,26+/m0/s1. The highest BCUT2D eigenvalue weighted by Gasteiger charge is 2.41. The third kappa shape index (κ3) is 6.71. The minimum Gasteiger partial charge on any atom is -0.366 e. The maximum atomic E-state index is 14.3. The molecule has 0 aliphatic heterocycles. The second kappa shape index (κ2) is 12.7. The van der Waals surface area contributed by atoms with E-state index in [4.69, 9.17) is 5.73 Å². The van der Waals surface area contributed by atoms with Crippen LogP contribution >= 0.6 is 0 Å². The van der Waals surface area contributed by atoms with E-state index in [1.807, 2.05) is 0 Å². The highest BCUT2D eigenvalue weighted by molar-refractivity contribution is 5.94. The number of primary amides is 1. The van der Waals surface area contributed by atoms with Gasteiger partial charge in [0, 0.05) is 29.1 Å². The molecule has 0 saturated carbocycles. The van der Waals surface area contributed by atoms with Gasteiger partial charge in [-0.1, -0.05) is 19.1 Å². The molecule has 2 amide bonds. The van der Waals surface area contributed by atoms with Gasteiger partial charge in [-0.3, -0.25) is 19.3 Å². The molecule has 0 radical (unpaired) electrons. The second-order valence-electron chi connectivity index (χ2n) is 10.9. The Balaban J connectivity index is 1.58. The molecule has 2 atom stereocenters. The Kier molecular flexibility index (Phi) is 8.98. The average molecular weight is 630 g/mol. The fraction of sp³-hybridized carbons (Fsp3) is 0.312. The first-order valence-electron chi connectivity index (χ1n) is 14.3. The molecule has 236 valence electrons. The molecule has 1 aliphatic rings. The molecular formula is C32H29F6N5O2. The molecule has 2 heterocycles. The van der Waals surface area contributed by atoms with E-state index in [1.54, 1.807) is 19.1 Å². The summed E-state index contributed by atoms with van der Waals surface area (Å²) < 4.78 is 85.5. The quantitative estimate of drug-likeness (QED) is 0.209. The third-order valence-corrected chi connectivity index (χ3v) is 7.85. The molecule has 3 N–H and O–H groups in total. The highest BCUT2D eigenvalue weighted by atomic mass is 19.4. The van der Waals surface area contributed by atoms with Gasteiger partial charge in [0.1, 0.15) is 23.5 Å². The monoisotopic (exact) mass is 629 g/mol. The summed E-state index contributed by atoms with van der Waals surface area (Å²) in [5, 5.41) is 6.71. The van der Waals surface area contributed by atoms with E-state index in [9.17, 15) is 35.9 Å². The molecule has 2 aromatic heterocycles. The van der Waals surface area contributed by atoms with Crippen LogP contribution in [-0.4, -0.2) is 26.6 Å². The van der Waals surface area contributed by atoms with E-state index in [-0.39, 0.29) is 41.6 Å². The lowest BCUT2D eigenvalue weighted by molar-refractivity contribution is -0.142. The zero-order chi connectivity index (χ0) is 32.5. The lowest BCUT2D eigenvalue weighted by atomic mass is 9.94. The zero-order valence-electron chi connectivity index (χ0n) is 24.1. The zero-order valence-corrected chi connectivity index (χ0v) is 24.1. The van der Waals surface area contributed by atoms with E-state index in [0.717, 1.165) is 22.9 Å². The summed E-state index contributed by atoms with van der Waals surface area (Å²) in [6.45, 7) is 1.64. The Bertz CT molecular complexity index is 1730. The number of alkyl halides is 3. The van der Waals surface area contributed by atoms with Crippen LogP contribution in [-0.2, 0) is 30.2 Å². The predicted octanol–water partition coefficient (Wildman–Crippen LogP) is 6.41. The SMILES string of the molecule is CC[C@H](C(=O)N[C@@H](Cc1cc(F)cc(F)c1)c1ncccc1-c1ccc(F)c(C(N)=O)c1)n1nc(C(F)(F)F)c2c1CCCC2. The fourth-order valence-corrected chi connectivity index (χ4v) is 5.85. The van der Waals surface area contributed by atoms with Gasteiger partial charge in [0.05, 0.1) is 17.3 Å². The maximum Gasteiger partial charge on any atom is 0.435 e. The molecule has 0 spiro atoms. The largest absolute Gasteiger partial charge is 0.435 e. The van der Waals surface area contributed by atoms with Gasteiger partial charge in [-0.15, -0.1) is 0 Å². The molecule has 0 saturated heterocycles. The molecule has 13 heteroatoms. The van der Waals surface area contributed by atoms with Gasteiger partial charge in [0.2, 0.25) is 5.91 Å². The number of carbonyl (C=O) groups excluding carboxylic acids is 2. The van der Waals surface area contributed by atoms with Crippen molar-refractivity contribution in [3.05, 3.63) is 106 Å². The molecular weight excluding hydrogens is 600 g/mol. The third-order valence-electron chi connectivity index (χ3n) is 7.85. The van der Waals surface area contributed by atoms with Gasteiger partial charge < -0.3 is 11.1 Å². The number of amides is 2. The number of nitrogens with one attached hydrogen (secondary N) is 1.